The lowest BCUT2D eigenvalue weighted by molar-refractivity contribution is -0.685. The number of rotatable bonds is 4. The molecule has 0 bridgehead atoms. The first-order valence-corrected chi connectivity index (χ1v) is 14.2. The Kier molecular flexibility index (Phi) is 8.16. The Morgan fingerprint density at radius 3 is 2.69 bits per heavy atom. The van der Waals surface area contributed by atoms with E-state index in [1.807, 2.05) is 74.3 Å². The topological polar surface area (TPSA) is 29.1 Å². The van der Waals surface area contributed by atoms with Gasteiger partial charge in [0.25, 0.3) is 10.6 Å². The summed E-state index contributed by atoms with van der Waals surface area (Å²) in [6.45, 7) is 6.98. The van der Waals surface area contributed by atoms with E-state index in [1.54, 1.807) is 39.8 Å². The first kappa shape index (κ1) is 25.7. The van der Waals surface area contributed by atoms with E-state index in [-0.39, 0.29) is 11.4 Å². The predicted octanol–water partition coefficient (Wildman–Crippen LogP) is 5.28. The van der Waals surface area contributed by atoms with Gasteiger partial charge in [-0.15, -0.1) is 11.3 Å². The van der Waals surface area contributed by atoms with Gasteiger partial charge < -0.3 is 4.90 Å². The molecule has 182 valence electrons. The molecule has 0 fully saturated rings. The molecule has 5 rings (SSSR count). The van der Waals surface area contributed by atoms with Crippen LogP contribution in [0.1, 0.15) is 31.3 Å². The van der Waals surface area contributed by atoms with Crippen LogP contribution in [-0.2, 0) is 13.1 Å². The normalized spacial score (nSPS) is 14.7. The molecule has 0 radical (unpaired) electrons. The third-order valence-corrected chi connectivity index (χ3v) is 9.03. The summed E-state index contributed by atoms with van der Waals surface area (Å²) in [6.07, 6.45) is 3.97. The maximum atomic E-state index is 14.2. The molecule has 0 N–H and O–H groups in total. The molecule has 0 unspecified atom stereocenters. The molecule has 1 aliphatic rings. The number of hydrogen-bond donors (Lipinski definition) is 0. The van der Waals surface area contributed by atoms with Crippen LogP contribution in [0.3, 0.4) is 0 Å². The zero-order chi connectivity index (χ0) is 25.1. The Labute approximate surface area is 221 Å². The third-order valence-electron chi connectivity index (χ3n) is 5.48. The fraction of sp³-hybridized carbons (Fsp3) is 0.231. The second-order valence-corrected chi connectivity index (χ2v) is 10.9. The van der Waals surface area contributed by atoms with E-state index in [4.69, 9.17) is 11.6 Å². The molecule has 0 saturated carbocycles. The average Bonchev–Trinajstić information content (AvgIpc) is 3.52. The van der Waals surface area contributed by atoms with Gasteiger partial charge in [0.1, 0.15) is 20.0 Å². The molecule has 4 aromatic rings. The summed E-state index contributed by atoms with van der Waals surface area (Å²) < 4.78 is 19.6. The van der Waals surface area contributed by atoms with Crippen LogP contribution < -0.4 is 24.2 Å². The molecular formula is C26H26ClFN3OS3+. The van der Waals surface area contributed by atoms with Gasteiger partial charge in [-0.2, -0.15) is 4.57 Å². The van der Waals surface area contributed by atoms with E-state index >= 15 is 0 Å². The van der Waals surface area contributed by atoms with Gasteiger partial charge in [-0.3, -0.25) is 9.36 Å². The quantitative estimate of drug-likeness (QED) is 0.326. The summed E-state index contributed by atoms with van der Waals surface area (Å²) in [6, 6.07) is 12.6. The molecule has 35 heavy (non-hydrogen) atoms. The maximum Gasteiger partial charge on any atom is 0.271 e. The van der Waals surface area contributed by atoms with Crippen molar-refractivity contribution in [1.82, 2.24) is 4.57 Å². The summed E-state index contributed by atoms with van der Waals surface area (Å²) in [5.74, 6) is -0.219. The number of halogens is 2. The van der Waals surface area contributed by atoms with Gasteiger partial charge in [0.15, 0.2) is 12.7 Å². The molecule has 9 heteroatoms. The van der Waals surface area contributed by atoms with Gasteiger partial charge in [-0.05, 0) is 37.3 Å². The highest BCUT2D eigenvalue weighted by molar-refractivity contribution is 8.08. The summed E-state index contributed by atoms with van der Waals surface area (Å²) in [5, 5.41) is 4.53. The lowest BCUT2D eigenvalue weighted by atomic mass is 10.2. The number of hydrogen-bond acceptors (Lipinski definition) is 5. The van der Waals surface area contributed by atoms with E-state index in [9.17, 15) is 9.18 Å². The smallest absolute Gasteiger partial charge is 0.271 e. The lowest BCUT2D eigenvalue weighted by Gasteiger charge is -2.12. The molecule has 2 aromatic carbocycles. The van der Waals surface area contributed by atoms with Crippen LogP contribution in [0.2, 0.25) is 5.02 Å². The number of nitrogens with zero attached hydrogens (tertiary/aromatic N) is 3. The minimum Gasteiger partial charge on any atom is -0.337 e. The monoisotopic (exact) mass is 546 g/mol. The van der Waals surface area contributed by atoms with Crippen LogP contribution in [0, 0.1) is 5.82 Å². The van der Waals surface area contributed by atoms with Crippen molar-refractivity contribution in [2.24, 2.45) is 0 Å². The number of benzene rings is 2. The summed E-state index contributed by atoms with van der Waals surface area (Å²) in [7, 11) is 1.97. The zero-order valence-electron chi connectivity index (χ0n) is 19.9. The van der Waals surface area contributed by atoms with Crippen molar-refractivity contribution in [2.75, 3.05) is 11.9 Å². The number of aromatic nitrogens is 2. The van der Waals surface area contributed by atoms with Gasteiger partial charge in [-0.1, -0.05) is 60.7 Å². The second kappa shape index (κ2) is 11.1. The summed E-state index contributed by atoms with van der Waals surface area (Å²) >= 11 is 10.8. The average molecular weight is 547 g/mol. The van der Waals surface area contributed by atoms with E-state index in [0.717, 1.165) is 25.3 Å². The Balaban J connectivity index is 0.00000141. The first-order valence-electron chi connectivity index (χ1n) is 11.3. The van der Waals surface area contributed by atoms with E-state index in [0.29, 0.717) is 28.2 Å². The Morgan fingerprint density at radius 1 is 1.17 bits per heavy atom. The molecule has 3 heterocycles. The van der Waals surface area contributed by atoms with Gasteiger partial charge in [0, 0.05) is 23.5 Å². The molecule has 0 spiro atoms. The van der Waals surface area contributed by atoms with Crippen LogP contribution in [0.25, 0.3) is 11.1 Å². The standard InChI is InChI=1S/C24H20ClFN3OS3.C2H6/c1-3-29-21(13-20-28(10-11-31-20)14-15-6-4-5-7-17(15)26)33-22(23(29)30)24-27(2)18-9-8-16(25)12-19(18)32-24;1-2/h4-13H,3,14H2,1-2H3;1-2H3/q+1;/b24-22+;. The molecular weight excluding hydrogens is 521 g/mol. The van der Waals surface area contributed by atoms with Crippen LogP contribution in [0.15, 0.2) is 63.7 Å². The van der Waals surface area contributed by atoms with Gasteiger partial charge in [0.05, 0.1) is 22.7 Å². The summed E-state index contributed by atoms with van der Waals surface area (Å²) in [4.78, 5) is 16.4. The number of anilines is 1. The van der Waals surface area contributed by atoms with Crippen molar-refractivity contribution in [2.45, 2.75) is 38.8 Å². The van der Waals surface area contributed by atoms with Crippen molar-refractivity contribution in [1.29, 1.82) is 0 Å². The Morgan fingerprint density at radius 2 is 1.94 bits per heavy atom. The fourth-order valence-corrected chi connectivity index (χ4v) is 7.37. The van der Waals surface area contributed by atoms with Crippen LogP contribution in [0.4, 0.5) is 10.1 Å². The molecule has 0 saturated heterocycles. The molecule has 0 atom stereocenters. The van der Waals surface area contributed by atoms with Crippen molar-refractivity contribution >= 4 is 62.8 Å². The predicted molar refractivity (Wildman–Crippen MR) is 148 cm³/mol. The SMILES string of the molecule is CC.CCn1c(=O)/c(=C2\Sc3cc(Cl)ccc3N2C)s/c1=C\c1scc[n+]1Cc1ccccc1F. The maximum absolute atomic E-state index is 14.2. The fourth-order valence-electron chi connectivity index (χ4n) is 3.77. The number of thiazole rings is 2. The van der Waals surface area contributed by atoms with Crippen molar-refractivity contribution in [3.63, 3.8) is 0 Å². The minimum absolute atomic E-state index is 0.000729. The van der Waals surface area contributed by atoms with Crippen molar-refractivity contribution in [3.05, 3.63) is 95.0 Å². The van der Waals surface area contributed by atoms with Gasteiger partial charge in [0.2, 0.25) is 0 Å². The van der Waals surface area contributed by atoms with E-state index in [2.05, 4.69) is 4.90 Å². The van der Waals surface area contributed by atoms with Crippen LogP contribution in [0.5, 0.6) is 0 Å². The number of thioether (sulfide) groups is 1. The van der Waals surface area contributed by atoms with Crippen molar-refractivity contribution in [3.8, 4) is 0 Å². The Hall–Kier alpha value is -2.39. The zero-order valence-corrected chi connectivity index (χ0v) is 23.1. The highest BCUT2D eigenvalue weighted by atomic mass is 35.5. The first-order chi connectivity index (χ1) is 17.0. The largest absolute Gasteiger partial charge is 0.337 e. The molecule has 1 aliphatic heterocycles. The van der Waals surface area contributed by atoms with E-state index in [1.165, 1.54) is 17.4 Å². The minimum atomic E-state index is -0.219. The Bertz CT molecular complexity index is 1540. The van der Waals surface area contributed by atoms with E-state index < -0.39 is 0 Å². The highest BCUT2D eigenvalue weighted by Gasteiger charge is 2.25. The molecule has 0 aliphatic carbocycles. The molecule has 0 amide bonds. The molecule has 2 aromatic heterocycles. The second-order valence-electron chi connectivity index (χ2n) is 7.50. The van der Waals surface area contributed by atoms with Gasteiger partial charge in [-0.25, -0.2) is 4.39 Å². The summed E-state index contributed by atoms with van der Waals surface area (Å²) in [5.41, 5.74) is 1.67. The lowest BCUT2D eigenvalue weighted by Crippen LogP contribution is -2.36. The third kappa shape index (κ3) is 5.11. The van der Waals surface area contributed by atoms with Crippen LogP contribution in [-0.4, -0.2) is 11.6 Å². The van der Waals surface area contributed by atoms with Crippen molar-refractivity contribution < 1.29 is 8.96 Å². The molecule has 4 nitrogen and oxygen atoms in total. The van der Waals surface area contributed by atoms with Crippen LogP contribution >= 0.6 is 46.0 Å². The van der Waals surface area contributed by atoms with Gasteiger partial charge >= 0.3 is 0 Å². The number of fused-ring (bicyclic) bond motifs is 1. The highest BCUT2D eigenvalue weighted by Crippen LogP contribution is 2.46.